The third-order valence-corrected chi connectivity index (χ3v) is 5.02. The van der Waals surface area contributed by atoms with E-state index in [0.717, 1.165) is 41.2 Å². The van der Waals surface area contributed by atoms with Gasteiger partial charge < -0.3 is 5.32 Å². The number of aromatic nitrogens is 1. The molecule has 4 rings (SSSR count). The maximum Gasteiger partial charge on any atom is 0.0726 e. The summed E-state index contributed by atoms with van der Waals surface area (Å²) in [4.78, 5) is 4.90. The summed E-state index contributed by atoms with van der Waals surface area (Å²) in [7, 11) is 0. The predicted octanol–water partition coefficient (Wildman–Crippen LogP) is 6.20. The first-order valence-electron chi connectivity index (χ1n) is 8.87. The topological polar surface area (TPSA) is 24.9 Å². The molecule has 2 nitrogen and oxygen atoms in total. The molecule has 0 atom stereocenters. The highest BCUT2D eigenvalue weighted by molar-refractivity contribution is 6.30. The van der Waals surface area contributed by atoms with Crippen LogP contribution in [-0.2, 0) is 19.3 Å². The number of benzene rings is 2. The molecule has 1 aliphatic carbocycles. The summed E-state index contributed by atoms with van der Waals surface area (Å²) < 4.78 is 0. The highest BCUT2D eigenvalue weighted by Gasteiger charge is 2.18. The minimum Gasteiger partial charge on any atom is -0.355 e. The largest absolute Gasteiger partial charge is 0.355 e. The molecular formula is C22H21ClN2. The Balaban J connectivity index is 1.76. The Morgan fingerprint density at radius 3 is 2.76 bits per heavy atom. The van der Waals surface area contributed by atoms with Crippen molar-refractivity contribution < 1.29 is 0 Å². The van der Waals surface area contributed by atoms with Crippen molar-refractivity contribution in [3.8, 4) is 11.3 Å². The first-order valence-corrected chi connectivity index (χ1v) is 9.25. The zero-order valence-corrected chi connectivity index (χ0v) is 15.1. The summed E-state index contributed by atoms with van der Waals surface area (Å²) >= 11 is 6.17. The molecule has 0 unspecified atom stereocenters. The van der Waals surface area contributed by atoms with Crippen molar-refractivity contribution in [1.82, 2.24) is 4.98 Å². The van der Waals surface area contributed by atoms with Gasteiger partial charge in [-0.05, 0) is 67.1 Å². The standard InChI is InChI=1S/C22H21ClN2/c1-2-15-6-3-9-18(12-15)24-22-14-21(16-7-4-8-17(23)13-16)25-20-11-5-10-19(20)22/h3-4,6-9,12-14H,2,5,10-11H2,1H3,(H,24,25). The van der Waals surface area contributed by atoms with E-state index in [1.54, 1.807) is 0 Å². The van der Waals surface area contributed by atoms with E-state index in [4.69, 9.17) is 16.6 Å². The lowest BCUT2D eigenvalue weighted by atomic mass is 10.1. The average Bonchev–Trinajstić information content (AvgIpc) is 3.11. The van der Waals surface area contributed by atoms with Crippen LogP contribution < -0.4 is 5.32 Å². The number of nitrogens with one attached hydrogen (secondary N) is 1. The molecule has 1 N–H and O–H groups in total. The van der Waals surface area contributed by atoms with Crippen LogP contribution in [0, 0.1) is 0 Å². The number of hydrogen-bond acceptors (Lipinski definition) is 2. The Kier molecular flexibility index (Phi) is 4.46. The zero-order chi connectivity index (χ0) is 17.2. The van der Waals surface area contributed by atoms with Crippen molar-refractivity contribution in [3.05, 3.63) is 76.4 Å². The van der Waals surface area contributed by atoms with E-state index in [0.29, 0.717) is 0 Å². The third kappa shape index (κ3) is 3.40. The van der Waals surface area contributed by atoms with Gasteiger partial charge in [-0.1, -0.05) is 42.8 Å². The Labute approximate surface area is 153 Å². The number of anilines is 2. The zero-order valence-electron chi connectivity index (χ0n) is 14.3. The number of aryl methyl sites for hydroxylation is 2. The summed E-state index contributed by atoms with van der Waals surface area (Å²) in [5, 5.41) is 4.37. The van der Waals surface area contributed by atoms with Gasteiger partial charge in [0.15, 0.2) is 0 Å². The van der Waals surface area contributed by atoms with Crippen molar-refractivity contribution in [2.45, 2.75) is 32.6 Å². The highest BCUT2D eigenvalue weighted by Crippen LogP contribution is 2.34. The molecule has 3 aromatic rings. The highest BCUT2D eigenvalue weighted by atomic mass is 35.5. The van der Waals surface area contributed by atoms with Crippen LogP contribution >= 0.6 is 11.6 Å². The molecule has 0 bridgehead atoms. The fourth-order valence-electron chi connectivity index (χ4n) is 3.47. The minimum absolute atomic E-state index is 0.741. The van der Waals surface area contributed by atoms with Crippen molar-refractivity contribution in [1.29, 1.82) is 0 Å². The number of rotatable bonds is 4. The van der Waals surface area contributed by atoms with Gasteiger partial charge in [0.25, 0.3) is 0 Å². The molecule has 1 aromatic heterocycles. The molecule has 0 aliphatic heterocycles. The first-order chi connectivity index (χ1) is 12.2. The fourth-order valence-corrected chi connectivity index (χ4v) is 3.66. The number of pyridine rings is 1. The van der Waals surface area contributed by atoms with Gasteiger partial charge in [-0.15, -0.1) is 0 Å². The maximum atomic E-state index is 6.17. The molecule has 0 saturated heterocycles. The van der Waals surface area contributed by atoms with Gasteiger partial charge in [0.1, 0.15) is 0 Å². The lowest BCUT2D eigenvalue weighted by Crippen LogP contribution is -2.00. The molecule has 0 radical (unpaired) electrons. The second-order valence-electron chi connectivity index (χ2n) is 6.52. The van der Waals surface area contributed by atoms with E-state index in [9.17, 15) is 0 Å². The third-order valence-electron chi connectivity index (χ3n) is 4.78. The number of hydrogen-bond donors (Lipinski definition) is 1. The molecule has 0 amide bonds. The lowest BCUT2D eigenvalue weighted by molar-refractivity contribution is 0.900. The molecule has 1 aliphatic rings. The number of halogens is 1. The van der Waals surface area contributed by atoms with E-state index in [1.807, 2.05) is 18.2 Å². The van der Waals surface area contributed by atoms with Gasteiger partial charge >= 0.3 is 0 Å². The summed E-state index contributed by atoms with van der Waals surface area (Å²) in [6, 6.07) is 18.7. The summed E-state index contributed by atoms with van der Waals surface area (Å²) in [5.41, 5.74) is 8.26. The van der Waals surface area contributed by atoms with Crippen molar-refractivity contribution in [3.63, 3.8) is 0 Å². The summed E-state index contributed by atoms with van der Waals surface area (Å²) in [6.45, 7) is 2.18. The van der Waals surface area contributed by atoms with Crippen molar-refractivity contribution >= 4 is 23.0 Å². The van der Waals surface area contributed by atoms with Gasteiger partial charge in [0.05, 0.1) is 5.69 Å². The van der Waals surface area contributed by atoms with Gasteiger partial charge in [-0.2, -0.15) is 0 Å². The first kappa shape index (κ1) is 16.2. The fraction of sp³-hybridized carbons (Fsp3) is 0.227. The van der Waals surface area contributed by atoms with Gasteiger partial charge in [0, 0.05) is 27.7 Å². The smallest absolute Gasteiger partial charge is 0.0726 e. The van der Waals surface area contributed by atoms with Crippen LogP contribution in [0.1, 0.15) is 30.2 Å². The van der Waals surface area contributed by atoms with Crippen LogP contribution in [0.3, 0.4) is 0 Å². The number of fused-ring (bicyclic) bond motifs is 1. The molecule has 1 heterocycles. The molecule has 3 heteroatoms. The van der Waals surface area contributed by atoms with Gasteiger partial charge in [-0.25, -0.2) is 0 Å². The maximum absolute atomic E-state index is 6.17. The molecule has 2 aromatic carbocycles. The SMILES string of the molecule is CCc1cccc(Nc2cc(-c3cccc(Cl)c3)nc3c2CCC3)c1. The average molecular weight is 349 g/mol. The van der Waals surface area contributed by atoms with E-state index in [2.05, 4.69) is 48.6 Å². The molecule has 25 heavy (non-hydrogen) atoms. The normalized spacial score (nSPS) is 12.9. The van der Waals surface area contributed by atoms with E-state index < -0.39 is 0 Å². The van der Waals surface area contributed by atoms with Crippen LogP contribution in [0.15, 0.2) is 54.6 Å². The minimum atomic E-state index is 0.741. The Morgan fingerprint density at radius 1 is 1.04 bits per heavy atom. The lowest BCUT2D eigenvalue weighted by Gasteiger charge is -2.14. The van der Waals surface area contributed by atoms with Crippen LogP contribution in [-0.4, -0.2) is 4.98 Å². The summed E-state index contributed by atoms with van der Waals surface area (Å²) in [5.74, 6) is 0. The Bertz CT molecular complexity index is 918. The Hall–Kier alpha value is -2.32. The van der Waals surface area contributed by atoms with Crippen LogP contribution in [0.25, 0.3) is 11.3 Å². The second-order valence-corrected chi connectivity index (χ2v) is 6.96. The number of nitrogens with zero attached hydrogens (tertiary/aromatic N) is 1. The molecular weight excluding hydrogens is 328 g/mol. The molecule has 126 valence electrons. The summed E-state index contributed by atoms with van der Waals surface area (Å²) in [6.07, 6.45) is 4.35. The molecule has 0 fully saturated rings. The Morgan fingerprint density at radius 2 is 1.92 bits per heavy atom. The van der Waals surface area contributed by atoms with E-state index in [-0.39, 0.29) is 0 Å². The molecule has 0 spiro atoms. The molecule has 0 saturated carbocycles. The predicted molar refractivity (Wildman–Crippen MR) is 106 cm³/mol. The second kappa shape index (κ2) is 6.89. The monoisotopic (exact) mass is 348 g/mol. The van der Waals surface area contributed by atoms with Crippen LogP contribution in [0.4, 0.5) is 11.4 Å². The van der Waals surface area contributed by atoms with Gasteiger partial charge in [-0.3, -0.25) is 4.98 Å². The van der Waals surface area contributed by atoms with Crippen LogP contribution in [0.2, 0.25) is 5.02 Å². The van der Waals surface area contributed by atoms with E-state index in [1.165, 1.54) is 28.9 Å². The van der Waals surface area contributed by atoms with Gasteiger partial charge in [0.2, 0.25) is 0 Å². The quantitative estimate of drug-likeness (QED) is 0.607. The van der Waals surface area contributed by atoms with Crippen molar-refractivity contribution in [2.75, 3.05) is 5.32 Å². The van der Waals surface area contributed by atoms with E-state index >= 15 is 0 Å². The van der Waals surface area contributed by atoms with Crippen LogP contribution in [0.5, 0.6) is 0 Å². The van der Waals surface area contributed by atoms with Crippen molar-refractivity contribution in [2.24, 2.45) is 0 Å².